The van der Waals surface area contributed by atoms with E-state index in [1.807, 2.05) is 11.6 Å². The summed E-state index contributed by atoms with van der Waals surface area (Å²) in [6, 6.07) is 0. The fourth-order valence-corrected chi connectivity index (χ4v) is 3.28. The molecule has 2 fully saturated rings. The molecular weight excluding hydrogens is 397 g/mol. The highest BCUT2D eigenvalue weighted by Crippen LogP contribution is 2.33. The van der Waals surface area contributed by atoms with Crippen LogP contribution >= 0.6 is 35.3 Å². The van der Waals surface area contributed by atoms with Crippen LogP contribution in [-0.4, -0.2) is 48.6 Å². The van der Waals surface area contributed by atoms with Crippen LogP contribution in [0.1, 0.15) is 25.7 Å². The van der Waals surface area contributed by atoms with Crippen molar-refractivity contribution >= 4 is 46.4 Å². The number of rotatable bonds is 5. The molecule has 1 saturated carbocycles. The fraction of sp³-hybridized carbons (Fsp3) is 0.714. The van der Waals surface area contributed by atoms with Crippen molar-refractivity contribution in [1.82, 2.24) is 9.88 Å². The highest BCUT2D eigenvalue weighted by Gasteiger charge is 2.21. The van der Waals surface area contributed by atoms with Gasteiger partial charge in [0, 0.05) is 44.3 Å². The van der Waals surface area contributed by atoms with Gasteiger partial charge in [0.05, 0.1) is 0 Å². The minimum atomic E-state index is 0. The Bertz CT molecular complexity index is 438. The van der Waals surface area contributed by atoms with Gasteiger partial charge in [0.25, 0.3) is 0 Å². The molecule has 7 heteroatoms. The van der Waals surface area contributed by atoms with Crippen LogP contribution < -0.4 is 10.6 Å². The third-order valence-electron chi connectivity index (χ3n) is 4.03. The lowest BCUT2D eigenvalue weighted by Gasteiger charge is -2.35. The molecule has 3 rings (SSSR count). The number of halogens is 1. The van der Waals surface area contributed by atoms with Gasteiger partial charge in [0.15, 0.2) is 11.1 Å². The quantitative estimate of drug-likeness (QED) is 0.343. The van der Waals surface area contributed by atoms with E-state index in [1.165, 1.54) is 25.7 Å². The van der Waals surface area contributed by atoms with Gasteiger partial charge in [-0.3, -0.25) is 4.99 Å². The van der Waals surface area contributed by atoms with Crippen molar-refractivity contribution in [2.45, 2.75) is 25.7 Å². The first-order valence-corrected chi connectivity index (χ1v) is 8.40. The lowest BCUT2D eigenvalue weighted by atomic mass is 10.2. The van der Waals surface area contributed by atoms with Crippen molar-refractivity contribution < 1.29 is 0 Å². The predicted octanol–water partition coefficient (Wildman–Crippen LogP) is 2.39. The average Bonchev–Trinajstić information content (AvgIpc) is 3.14. The summed E-state index contributed by atoms with van der Waals surface area (Å²) in [5, 5.41) is 3.14. The van der Waals surface area contributed by atoms with E-state index in [0.717, 1.165) is 49.7 Å². The number of aliphatic imine (C=N–C) groups is 1. The van der Waals surface area contributed by atoms with E-state index in [4.69, 9.17) is 5.73 Å². The third kappa shape index (κ3) is 4.98. The third-order valence-corrected chi connectivity index (χ3v) is 4.87. The van der Waals surface area contributed by atoms with Crippen LogP contribution in [-0.2, 0) is 0 Å². The second-order valence-electron chi connectivity index (χ2n) is 5.61. The Morgan fingerprint density at radius 2 is 2.10 bits per heavy atom. The molecule has 118 valence electrons. The Morgan fingerprint density at radius 3 is 2.71 bits per heavy atom. The van der Waals surface area contributed by atoms with E-state index in [0.29, 0.717) is 0 Å². The Morgan fingerprint density at radius 1 is 1.33 bits per heavy atom. The Balaban J connectivity index is 0.00000161. The highest BCUT2D eigenvalue weighted by atomic mass is 127. The molecule has 0 atom stereocenters. The fourth-order valence-electron chi connectivity index (χ4n) is 2.58. The van der Waals surface area contributed by atoms with Crippen LogP contribution in [0.3, 0.4) is 0 Å². The van der Waals surface area contributed by atoms with Gasteiger partial charge in [0.1, 0.15) is 0 Å². The molecule has 1 aromatic heterocycles. The predicted molar refractivity (Wildman–Crippen MR) is 99.8 cm³/mol. The van der Waals surface area contributed by atoms with E-state index in [-0.39, 0.29) is 24.0 Å². The Kier molecular flexibility index (Phi) is 6.53. The molecule has 1 aliphatic carbocycles. The lowest BCUT2D eigenvalue weighted by molar-refractivity contribution is 0.380. The first-order valence-electron chi connectivity index (χ1n) is 7.52. The molecule has 21 heavy (non-hydrogen) atoms. The monoisotopic (exact) mass is 421 g/mol. The van der Waals surface area contributed by atoms with Crippen molar-refractivity contribution in [3.8, 4) is 0 Å². The lowest BCUT2D eigenvalue weighted by Crippen LogP contribution is -2.51. The maximum absolute atomic E-state index is 6.09. The maximum atomic E-state index is 6.09. The molecule has 0 bridgehead atoms. The second kappa shape index (κ2) is 8.17. The van der Waals surface area contributed by atoms with Gasteiger partial charge < -0.3 is 15.5 Å². The zero-order valence-electron chi connectivity index (χ0n) is 12.3. The summed E-state index contributed by atoms with van der Waals surface area (Å²) in [7, 11) is 0. The summed E-state index contributed by atoms with van der Waals surface area (Å²) >= 11 is 1.70. The standard InChI is InChI=1S/C14H23N5S.HI/c15-13(16-5-1-2-12-3-4-12)18-7-9-19(10-8-18)14-17-6-11-20-14;/h6,11-12H,1-5,7-10H2,(H2,15,16);1H. The number of nitrogens with zero attached hydrogens (tertiary/aromatic N) is 4. The minimum absolute atomic E-state index is 0. The first kappa shape index (κ1) is 16.8. The normalized spacial score (nSPS) is 19.5. The van der Waals surface area contributed by atoms with E-state index in [1.54, 1.807) is 11.3 Å². The maximum Gasteiger partial charge on any atom is 0.191 e. The molecule has 1 aromatic rings. The van der Waals surface area contributed by atoms with E-state index >= 15 is 0 Å². The number of hydrogen-bond acceptors (Lipinski definition) is 4. The number of piperazine rings is 1. The van der Waals surface area contributed by atoms with Gasteiger partial charge in [-0.25, -0.2) is 4.98 Å². The second-order valence-corrected chi connectivity index (χ2v) is 6.49. The van der Waals surface area contributed by atoms with Gasteiger partial charge in [0.2, 0.25) is 0 Å². The van der Waals surface area contributed by atoms with Crippen LogP contribution in [0, 0.1) is 5.92 Å². The molecule has 2 N–H and O–H groups in total. The van der Waals surface area contributed by atoms with Gasteiger partial charge in [-0.2, -0.15) is 0 Å². The summed E-state index contributed by atoms with van der Waals surface area (Å²) in [4.78, 5) is 13.4. The first-order chi connectivity index (χ1) is 9.83. The van der Waals surface area contributed by atoms with Crippen LogP contribution in [0.4, 0.5) is 5.13 Å². The van der Waals surface area contributed by atoms with E-state index in [9.17, 15) is 0 Å². The average molecular weight is 421 g/mol. The molecule has 2 aliphatic rings. The number of guanidine groups is 1. The Hall–Kier alpha value is -0.570. The van der Waals surface area contributed by atoms with Crippen molar-refractivity contribution in [3.63, 3.8) is 0 Å². The van der Waals surface area contributed by atoms with E-state index in [2.05, 4.69) is 19.8 Å². The van der Waals surface area contributed by atoms with Crippen molar-refractivity contribution in [3.05, 3.63) is 11.6 Å². The van der Waals surface area contributed by atoms with Crippen molar-refractivity contribution in [1.29, 1.82) is 0 Å². The van der Waals surface area contributed by atoms with Crippen LogP contribution in [0.25, 0.3) is 0 Å². The van der Waals surface area contributed by atoms with Gasteiger partial charge in [-0.1, -0.05) is 12.8 Å². The number of hydrogen-bond donors (Lipinski definition) is 1. The highest BCUT2D eigenvalue weighted by molar-refractivity contribution is 14.0. The largest absolute Gasteiger partial charge is 0.370 e. The zero-order valence-corrected chi connectivity index (χ0v) is 15.4. The molecule has 0 aromatic carbocycles. The molecule has 0 amide bonds. The summed E-state index contributed by atoms with van der Waals surface area (Å²) in [5.74, 6) is 1.72. The molecule has 2 heterocycles. The molecule has 1 saturated heterocycles. The van der Waals surface area contributed by atoms with E-state index < -0.39 is 0 Å². The van der Waals surface area contributed by atoms with Crippen LogP contribution in [0.15, 0.2) is 16.6 Å². The topological polar surface area (TPSA) is 57.8 Å². The number of thiazole rings is 1. The SMILES string of the molecule is I.NC(=NCCCC1CC1)N1CCN(c2nccs2)CC1. The molecular formula is C14H24IN5S. The number of anilines is 1. The molecule has 0 spiro atoms. The smallest absolute Gasteiger partial charge is 0.191 e. The Labute approximate surface area is 147 Å². The molecule has 1 aliphatic heterocycles. The summed E-state index contributed by atoms with van der Waals surface area (Å²) in [6.07, 6.45) is 7.23. The van der Waals surface area contributed by atoms with Crippen molar-refractivity contribution in [2.24, 2.45) is 16.6 Å². The minimum Gasteiger partial charge on any atom is -0.370 e. The van der Waals surface area contributed by atoms with Gasteiger partial charge in [-0.15, -0.1) is 35.3 Å². The summed E-state index contributed by atoms with van der Waals surface area (Å²) < 4.78 is 0. The molecule has 0 unspecified atom stereocenters. The number of nitrogens with two attached hydrogens (primary N) is 1. The molecule has 0 radical (unpaired) electrons. The van der Waals surface area contributed by atoms with Crippen LogP contribution in [0.2, 0.25) is 0 Å². The summed E-state index contributed by atoms with van der Waals surface area (Å²) in [6.45, 7) is 4.72. The number of aromatic nitrogens is 1. The zero-order chi connectivity index (χ0) is 13.8. The molecule has 5 nitrogen and oxygen atoms in total. The summed E-state index contributed by atoms with van der Waals surface area (Å²) in [5.41, 5.74) is 6.09. The van der Waals surface area contributed by atoms with Gasteiger partial charge in [-0.05, 0) is 18.8 Å². The van der Waals surface area contributed by atoms with Crippen LogP contribution in [0.5, 0.6) is 0 Å². The van der Waals surface area contributed by atoms with Gasteiger partial charge >= 0.3 is 0 Å². The van der Waals surface area contributed by atoms with Crippen molar-refractivity contribution in [2.75, 3.05) is 37.6 Å².